The Labute approximate surface area is 92.2 Å². The minimum absolute atomic E-state index is 0.0233. The van der Waals surface area contributed by atoms with Gasteiger partial charge in [-0.05, 0) is 6.42 Å². The molecule has 0 saturated carbocycles. The van der Waals surface area contributed by atoms with E-state index in [1.165, 1.54) is 6.92 Å². The van der Waals surface area contributed by atoms with Gasteiger partial charge in [-0.3, -0.25) is 9.59 Å². The van der Waals surface area contributed by atoms with Gasteiger partial charge in [0.25, 0.3) is 0 Å². The van der Waals surface area contributed by atoms with Gasteiger partial charge in [-0.2, -0.15) is 0 Å². The average Bonchev–Trinajstić information content (AvgIpc) is 2.52. The lowest BCUT2D eigenvalue weighted by Crippen LogP contribution is -2.37. The van der Waals surface area contributed by atoms with Crippen LogP contribution in [0.25, 0.3) is 0 Å². The van der Waals surface area contributed by atoms with Crippen molar-refractivity contribution in [2.24, 2.45) is 0 Å². The summed E-state index contributed by atoms with van der Waals surface area (Å²) >= 11 is 3.24. The molecule has 1 fully saturated rings. The fourth-order valence-electron chi connectivity index (χ4n) is 1.63. The van der Waals surface area contributed by atoms with Crippen LogP contribution in [0.4, 0.5) is 0 Å². The number of hydrogen-bond donors (Lipinski definition) is 1. The number of hydrogen-bond acceptors (Lipinski definition) is 2. The van der Waals surface area contributed by atoms with Gasteiger partial charge in [-0.25, -0.2) is 0 Å². The number of nitrogens with zero attached hydrogens (tertiary/aromatic N) is 1. The Morgan fingerprint density at radius 1 is 1.57 bits per heavy atom. The van der Waals surface area contributed by atoms with Gasteiger partial charge < -0.3 is 10.2 Å². The van der Waals surface area contributed by atoms with E-state index in [4.69, 9.17) is 0 Å². The van der Waals surface area contributed by atoms with Crippen LogP contribution in [-0.2, 0) is 9.59 Å². The summed E-state index contributed by atoms with van der Waals surface area (Å²) in [6.45, 7) is 2.92. The molecule has 1 N–H and O–H groups in total. The Morgan fingerprint density at radius 2 is 2.29 bits per heavy atom. The Kier molecular flexibility index (Phi) is 4.38. The lowest BCUT2D eigenvalue weighted by Gasteiger charge is -2.16. The average molecular weight is 263 g/mol. The largest absolute Gasteiger partial charge is 0.352 e. The van der Waals surface area contributed by atoms with Crippen LogP contribution >= 0.6 is 15.9 Å². The number of nitrogens with one attached hydrogen (secondary N) is 1. The maximum Gasteiger partial charge on any atom is 0.223 e. The van der Waals surface area contributed by atoms with Crippen molar-refractivity contribution >= 4 is 27.7 Å². The normalized spacial score (nSPS) is 21.0. The fourth-order valence-corrected chi connectivity index (χ4v) is 1.97. The van der Waals surface area contributed by atoms with Crippen LogP contribution in [0.15, 0.2) is 0 Å². The molecule has 1 atom stereocenters. The van der Waals surface area contributed by atoms with Gasteiger partial charge in [-0.15, -0.1) is 0 Å². The van der Waals surface area contributed by atoms with Gasteiger partial charge in [0.15, 0.2) is 0 Å². The smallest absolute Gasteiger partial charge is 0.223 e. The molecule has 0 bridgehead atoms. The van der Waals surface area contributed by atoms with E-state index < -0.39 is 0 Å². The lowest BCUT2D eigenvalue weighted by molar-refractivity contribution is -0.130. The molecule has 1 rings (SSSR count). The van der Waals surface area contributed by atoms with Crippen LogP contribution in [0.3, 0.4) is 0 Å². The number of halogens is 1. The van der Waals surface area contributed by atoms with Crippen molar-refractivity contribution in [2.45, 2.75) is 25.8 Å². The third kappa shape index (κ3) is 3.29. The molecule has 14 heavy (non-hydrogen) atoms. The van der Waals surface area contributed by atoms with Crippen molar-refractivity contribution in [3.05, 3.63) is 0 Å². The molecule has 1 saturated heterocycles. The first-order valence-electron chi connectivity index (χ1n) is 4.74. The quantitative estimate of drug-likeness (QED) is 0.754. The molecule has 1 heterocycles. The Balaban J connectivity index is 2.33. The van der Waals surface area contributed by atoms with Crippen molar-refractivity contribution in [2.75, 3.05) is 18.4 Å². The van der Waals surface area contributed by atoms with Crippen molar-refractivity contribution < 1.29 is 9.59 Å². The third-order valence-electron chi connectivity index (χ3n) is 2.26. The Bertz CT molecular complexity index is 233. The van der Waals surface area contributed by atoms with E-state index in [0.717, 1.165) is 13.0 Å². The van der Waals surface area contributed by atoms with Gasteiger partial charge in [-0.1, -0.05) is 15.9 Å². The SMILES string of the molecule is CC(=O)NC1CCN(C(=O)CCBr)C1. The van der Waals surface area contributed by atoms with E-state index in [1.807, 2.05) is 4.90 Å². The van der Waals surface area contributed by atoms with E-state index in [-0.39, 0.29) is 17.9 Å². The van der Waals surface area contributed by atoms with E-state index in [1.54, 1.807) is 0 Å². The van der Waals surface area contributed by atoms with Crippen molar-refractivity contribution in [3.8, 4) is 0 Å². The molecule has 0 aromatic rings. The molecular weight excluding hydrogens is 248 g/mol. The second-order valence-electron chi connectivity index (χ2n) is 3.46. The summed E-state index contributed by atoms with van der Waals surface area (Å²) in [6, 6.07) is 0.145. The number of rotatable bonds is 3. The van der Waals surface area contributed by atoms with Crippen molar-refractivity contribution in [1.29, 1.82) is 0 Å². The van der Waals surface area contributed by atoms with Crippen LogP contribution in [0.2, 0.25) is 0 Å². The number of carbonyl (C=O) groups excluding carboxylic acids is 2. The summed E-state index contributed by atoms with van der Waals surface area (Å²) < 4.78 is 0. The first kappa shape index (κ1) is 11.5. The minimum atomic E-state index is -0.0233. The minimum Gasteiger partial charge on any atom is -0.352 e. The van der Waals surface area contributed by atoms with Gasteiger partial charge in [0, 0.05) is 37.8 Å². The summed E-state index contributed by atoms with van der Waals surface area (Å²) in [5.41, 5.74) is 0. The molecule has 0 aromatic carbocycles. The number of alkyl halides is 1. The van der Waals surface area contributed by atoms with Gasteiger partial charge >= 0.3 is 0 Å². The summed E-state index contributed by atoms with van der Waals surface area (Å²) in [6.07, 6.45) is 1.40. The molecule has 0 radical (unpaired) electrons. The van der Waals surface area contributed by atoms with E-state index >= 15 is 0 Å². The molecule has 0 aliphatic carbocycles. The molecule has 2 amide bonds. The maximum absolute atomic E-state index is 11.5. The standard InChI is InChI=1S/C9H15BrN2O2/c1-7(13)11-8-3-5-12(6-8)9(14)2-4-10/h8H,2-6H2,1H3,(H,11,13). The lowest BCUT2D eigenvalue weighted by atomic mass is 10.2. The summed E-state index contributed by atoms with van der Waals surface area (Å²) in [4.78, 5) is 24.0. The fraction of sp³-hybridized carbons (Fsp3) is 0.778. The highest BCUT2D eigenvalue weighted by atomic mass is 79.9. The molecule has 0 aromatic heterocycles. The van der Waals surface area contributed by atoms with E-state index in [2.05, 4.69) is 21.2 Å². The van der Waals surface area contributed by atoms with Crippen LogP contribution < -0.4 is 5.32 Å². The predicted octanol–water partition coefficient (Wildman–Crippen LogP) is 0.508. The van der Waals surface area contributed by atoms with Gasteiger partial charge in [0.1, 0.15) is 0 Å². The highest BCUT2D eigenvalue weighted by molar-refractivity contribution is 9.09. The zero-order valence-corrected chi connectivity index (χ0v) is 9.84. The van der Waals surface area contributed by atoms with Crippen LogP contribution in [0.1, 0.15) is 19.8 Å². The van der Waals surface area contributed by atoms with Crippen LogP contribution in [0, 0.1) is 0 Å². The molecule has 0 spiro atoms. The first-order chi connectivity index (χ1) is 6.63. The van der Waals surface area contributed by atoms with Crippen LogP contribution in [0.5, 0.6) is 0 Å². The third-order valence-corrected chi connectivity index (χ3v) is 2.65. The topological polar surface area (TPSA) is 49.4 Å². The van der Waals surface area contributed by atoms with Gasteiger partial charge in [0.05, 0.1) is 0 Å². The van der Waals surface area contributed by atoms with E-state index in [0.29, 0.717) is 18.3 Å². The summed E-state index contributed by atoms with van der Waals surface area (Å²) in [5.74, 6) is 0.138. The number of likely N-dealkylation sites (tertiary alicyclic amines) is 1. The molecule has 1 unspecified atom stereocenters. The second kappa shape index (κ2) is 5.34. The zero-order valence-electron chi connectivity index (χ0n) is 8.25. The van der Waals surface area contributed by atoms with E-state index in [9.17, 15) is 9.59 Å². The van der Waals surface area contributed by atoms with Crippen molar-refractivity contribution in [3.63, 3.8) is 0 Å². The van der Waals surface area contributed by atoms with Gasteiger partial charge in [0.2, 0.25) is 11.8 Å². The van der Waals surface area contributed by atoms with Crippen molar-refractivity contribution in [1.82, 2.24) is 10.2 Å². The molecule has 5 heteroatoms. The highest BCUT2D eigenvalue weighted by Gasteiger charge is 2.25. The number of carbonyl (C=O) groups is 2. The highest BCUT2D eigenvalue weighted by Crippen LogP contribution is 2.10. The monoisotopic (exact) mass is 262 g/mol. The Hall–Kier alpha value is -0.580. The number of amides is 2. The first-order valence-corrected chi connectivity index (χ1v) is 5.86. The van der Waals surface area contributed by atoms with Crippen LogP contribution in [-0.4, -0.2) is 41.2 Å². The summed E-state index contributed by atoms with van der Waals surface area (Å²) in [7, 11) is 0. The molecule has 1 aliphatic rings. The zero-order chi connectivity index (χ0) is 10.6. The second-order valence-corrected chi connectivity index (χ2v) is 4.26. The maximum atomic E-state index is 11.5. The molecule has 4 nitrogen and oxygen atoms in total. The molecular formula is C9H15BrN2O2. The Morgan fingerprint density at radius 3 is 2.86 bits per heavy atom. The molecule has 80 valence electrons. The molecule has 1 aliphatic heterocycles. The predicted molar refractivity (Wildman–Crippen MR) is 57.2 cm³/mol. The summed E-state index contributed by atoms with van der Waals surface area (Å²) in [5, 5.41) is 3.53.